The highest BCUT2D eigenvalue weighted by Gasteiger charge is 2.63. The normalized spacial score (nSPS) is 27.4. The number of carbonyl (C=O) groups is 2. The Morgan fingerprint density at radius 1 is 0.667 bits per heavy atom. The molecule has 3 aliphatic carbocycles. The van der Waals surface area contributed by atoms with Crippen molar-refractivity contribution in [2.24, 2.45) is 17.8 Å². The molecule has 6 rings (SSSR count). The molecule has 3 aromatic rings. The van der Waals surface area contributed by atoms with Crippen LogP contribution in [0.3, 0.4) is 0 Å². The molecule has 0 aromatic heterocycles. The molecular weight excluding hydrogens is 542 g/mol. The quantitative estimate of drug-likeness (QED) is 0.307. The molecule has 0 N–H and O–H groups in total. The van der Waals surface area contributed by atoms with Crippen LogP contribution in [-0.2, 0) is 15.9 Å². The highest BCUT2D eigenvalue weighted by molar-refractivity contribution is 6.35. The standard InChI is InChI=1S/C28H20Cl4O4/c29-16-5-14(6-17(30)10-16)27(33)35-25-22-12-23(24-20-4-2-1-3-13(20)9-21(22)24)26(25)36-28(34)15-7-18(31)11-19(32)8-15/h1-8,10-11,21-26H,9,12H2/t21?,22?,23?,24?,25-,26+/m1/s1. The van der Waals surface area contributed by atoms with Gasteiger partial charge in [-0.25, -0.2) is 9.59 Å². The number of halogens is 4. The number of hydrogen-bond acceptors (Lipinski definition) is 4. The molecule has 0 saturated heterocycles. The smallest absolute Gasteiger partial charge is 0.338 e. The van der Waals surface area contributed by atoms with E-state index in [0.29, 0.717) is 26.0 Å². The number of esters is 2. The van der Waals surface area contributed by atoms with E-state index in [-0.39, 0.29) is 28.9 Å². The lowest BCUT2D eigenvalue weighted by Crippen LogP contribution is -2.45. The summed E-state index contributed by atoms with van der Waals surface area (Å²) in [7, 11) is 0. The maximum absolute atomic E-state index is 13.2. The van der Waals surface area contributed by atoms with Crippen LogP contribution in [0.15, 0.2) is 60.7 Å². The number of rotatable bonds is 4. The molecule has 2 saturated carbocycles. The van der Waals surface area contributed by atoms with E-state index in [2.05, 4.69) is 12.1 Å². The first-order valence-electron chi connectivity index (χ1n) is 11.7. The highest BCUT2D eigenvalue weighted by atomic mass is 35.5. The zero-order chi connectivity index (χ0) is 25.1. The highest BCUT2D eigenvalue weighted by Crippen LogP contribution is 2.62. The Kier molecular flexibility index (Phi) is 6.20. The summed E-state index contributed by atoms with van der Waals surface area (Å²) < 4.78 is 12.1. The van der Waals surface area contributed by atoms with Crippen LogP contribution in [0.5, 0.6) is 0 Å². The Bertz CT molecular complexity index is 1350. The fourth-order valence-electron chi connectivity index (χ4n) is 6.50. The van der Waals surface area contributed by atoms with E-state index in [9.17, 15) is 9.59 Å². The van der Waals surface area contributed by atoms with Crippen molar-refractivity contribution in [1.82, 2.24) is 0 Å². The van der Waals surface area contributed by atoms with E-state index in [1.807, 2.05) is 12.1 Å². The Morgan fingerprint density at radius 3 is 1.72 bits per heavy atom. The van der Waals surface area contributed by atoms with E-state index >= 15 is 0 Å². The number of ether oxygens (including phenoxy) is 2. The van der Waals surface area contributed by atoms with Gasteiger partial charge >= 0.3 is 11.9 Å². The molecule has 0 aliphatic heterocycles. The molecule has 3 aromatic carbocycles. The molecule has 36 heavy (non-hydrogen) atoms. The molecule has 2 bridgehead atoms. The van der Waals surface area contributed by atoms with Gasteiger partial charge in [0.15, 0.2) is 0 Å². The van der Waals surface area contributed by atoms with Crippen LogP contribution in [0, 0.1) is 17.8 Å². The van der Waals surface area contributed by atoms with Gasteiger partial charge in [0.1, 0.15) is 12.2 Å². The van der Waals surface area contributed by atoms with E-state index in [1.165, 1.54) is 35.4 Å². The van der Waals surface area contributed by atoms with Gasteiger partial charge in [-0.15, -0.1) is 0 Å². The lowest BCUT2D eigenvalue weighted by molar-refractivity contribution is -0.0698. The largest absolute Gasteiger partial charge is 0.455 e. The third-order valence-electron chi connectivity index (χ3n) is 7.74. The van der Waals surface area contributed by atoms with Crippen LogP contribution in [0.2, 0.25) is 20.1 Å². The minimum Gasteiger partial charge on any atom is -0.455 e. The molecule has 2 fully saturated rings. The molecule has 0 heterocycles. The fourth-order valence-corrected chi connectivity index (χ4v) is 7.55. The minimum absolute atomic E-state index is 0.0306. The lowest BCUT2D eigenvalue weighted by atomic mass is 9.76. The summed E-state index contributed by atoms with van der Waals surface area (Å²) in [6.45, 7) is 0. The summed E-state index contributed by atoms with van der Waals surface area (Å²) in [4.78, 5) is 26.4. The van der Waals surface area contributed by atoms with Gasteiger partial charge in [0.05, 0.1) is 11.1 Å². The summed E-state index contributed by atoms with van der Waals surface area (Å²) >= 11 is 24.4. The molecule has 0 radical (unpaired) electrons. The first kappa shape index (κ1) is 24.1. The third kappa shape index (κ3) is 4.18. The van der Waals surface area contributed by atoms with Crippen molar-refractivity contribution >= 4 is 58.3 Å². The van der Waals surface area contributed by atoms with Crippen LogP contribution < -0.4 is 0 Å². The van der Waals surface area contributed by atoms with Crippen molar-refractivity contribution in [3.05, 3.63) is 103 Å². The summed E-state index contributed by atoms with van der Waals surface area (Å²) in [5.41, 5.74) is 3.12. The van der Waals surface area contributed by atoms with Gasteiger partial charge in [-0.1, -0.05) is 70.7 Å². The average Bonchev–Trinajstić information content (AvgIpc) is 3.47. The first-order valence-corrected chi connectivity index (χ1v) is 13.2. The maximum Gasteiger partial charge on any atom is 0.338 e. The van der Waals surface area contributed by atoms with Crippen molar-refractivity contribution in [3.8, 4) is 0 Å². The lowest BCUT2D eigenvalue weighted by Gasteiger charge is -2.37. The topological polar surface area (TPSA) is 52.6 Å². The van der Waals surface area contributed by atoms with Crippen molar-refractivity contribution < 1.29 is 19.1 Å². The number of carbonyl (C=O) groups excluding carboxylic acids is 2. The van der Waals surface area contributed by atoms with Gasteiger partial charge in [0.2, 0.25) is 0 Å². The monoisotopic (exact) mass is 560 g/mol. The molecule has 6 atom stereocenters. The summed E-state index contributed by atoms with van der Waals surface area (Å²) in [5.74, 6) is -0.427. The zero-order valence-corrected chi connectivity index (χ0v) is 21.8. The summed E-state index contributed by atoms with van der Waals surface area (Å²) in [5, 5.41) is 1.37. The molecule has 3 aliphatic rings. The van der Waals surface area contributed by atoms with Gasteiger partial charge < -0.3 is 9.47 Å². The van der Waals surface area contributed by atoms with Crippen LogP contribution in [0.1, 0.15) is 44.2 Å². The predicted octanol–water partition coefficient (Wildman–Crippen LogP) is 7.66. The van der Waals surface area contributed by atoms with Gasteiger partial charge in [0, 0.05) is 31.9 Å². The van der Waals surface area contributed by atoms with Crippen LogP contribution in [-0.4, -0.2) is 24.1 Å². The van der Waals surface area contributed by atoms with Gasteiger partial charge in [-0.2, -0.15) is 0 Å². The Labute approximate surface area is 228 Å². The average molecular weight is 562 g/mol. The molecule has 184 valence electrons. The molecular formula is C28H20Cl4O4. The molecule has 4 unspecified atom stereocenters. The second-order valence-corrected chi connectivity index (χ2v) is 11.5. The third-order valence-corrected chi connectivity index (χ3v) is 8.61. The van der Waals surface area contributed by atoms with Crippen molar-refractivity contribution in [2.75, 3.05) is 0 Å². The van der Waals surface area contributed by atoms with Crippen LogP contribution in [0.25, 0.3) is 0 Å². The SMILES string of the molecule is O=C(O[C@@H]1C2CC(C3c4ccccc4CC32)[C@@H]1OC(=O)c1cc(Cl)cc(Cl)c1)c1cc(Cl)cc(Cl)c1. The minimum atomic E-state index is -0.605. The fraction of sp³-hybridized carbons (Fsp3) is 0.286. The predicted molar refractivity (Wildman–Crippen MR) is 139 cm³/mol. The van der Waals surface area contributed by atoms with Gasteiger partial charge in [-0.3, -0.25) is 0 Å². The number of hydrogen-bond donors (Lipinski definition) is 0. The Hall–Kier alpha value is -2.24. The number of fused-ring (bicyclic) bond motifs is 7. The second kappa shape index (κ2) is 9.25. The summed E-state index contributed by atoms with van der Waals surface area (Å²) in [6, 6.07) is 17.6. The van der Waals surface area contributed by atoms with E-state index in [1.54, 1.807) is 12.1 Å². The van der Waals surface area contributed by atoms with Crippen molar-refractivity contribution in [2.45, 2.75) is 31.0 Å². The Balaban J connectivity index is 1.32. The van der Waals surface area contributed by atoms with Crippen LogP contribution in [0.4, 0.5) is 0 Å². The zero-order valence-electron chi connectivity index (χ0n) is 18.8. The number of benzene rings is 3. The van der Waals surface area contributed by atoms with Crippen molar-refractivity contribution in [3.63, 3.8) is 0 Å². The Morgan fingerprint density at radius 2 is 1.17 bits per heavy atom. The molecule has 4 nitrogen and oxygen atoms in total. The van der Waals surface area contributed by atoms with E-state index < -0.39 is 24.1 Å². The van der Waals surface area contributed by atoms with Gasteiger partial charge in [-0.05, 0) is 72.2 Å². The van der Waals surface area contributed by atoms with Gasteiger partial charge in [0.25, 0.3) is 0 Å². The van der Waals surface area contributed by atoms with Crippen LogP contribution >= 0.6 is 46.4 Å². The first-order chi connectivity index (χ1) is 17.3. The van der Waals surface area contributed by atoms with Crippen molar-refractivity contribution in [1.29, 1.82) is 0 Å². The van der Waals surface area contributed by atoms with E-state index in [4.69, 9.17) is 55.9 Å². The molecule has 0 spiro atoms. The molecule has 8 heteroatoms. The molecule has 0 amide bonds. The van der Waals surface area contributed by atoms with E-state index in [0.717, 1.165) is 12.8 Å². The summed E-state index contributed by atoms with van der Waals surface area (Å²) in [6.07, 6.45) is 0.538. The second-order valence-electron chi connectivity index (χ2n) is 9.71. The maximum atomic E-state index is 13.2.